The van der Waals surface area contributed by atoms with E-state index in [2.05, 4.69) is 5.32 Å². The summed E-state index contributed by atoms with van der Waals surface area (Å²) < 4.78 is 22.6. The number of aliphatic carboxylic acids is 1. The van der Waals surface area contributed by atoms with Crippen molar-refractivity contribution in [3.63, 3.8) is 0 Å². The second-order valence-corrected chi connectivity index (χ2v) is 7.33. The van der Waals surface area contributed by atoms with Crippen LogP contribution in [0.4, 0.5) is 0 Å². The Morgan fingerprint density at radius 1 is 1.16 bits per heavy atom. The van der Waals surface area contributed by atoms with Crippen molar-refractivity contribution in [1.82, 2.24) is 5.32 Å². The van der Waals surface area contributed by atoms with Gasteiger partial charge >= 0.3 is 5.97 Å². The van der Waals surface area contributed by atoms with E-state index in [1.54, 1.807) is 12.2 Å². The number of amides is 1. The fourth-order valence-corrected chi connectivity index (χ4v) is 4.27. The van der Waals surface area contributed by atoms with E-state index in [0.717, 1.165) is 0 Å². The third-order valence-electron chi connectivity index (χ3n) is 3.67. The number of rotatable bonds is 3. The second-order valence-electron chi connectivity index (χ2n) is 5.10. The van der Waals surface area contributed by atoms with Crippen LogP contribution < -0.4 is 5.32 Å². The molecule has 1 amide bonds. The van der Waals surface area contributed by atoms with Crippen LogP contribution in [0.3, 0.4) is 0 Å². The number of sulfone groups is 1. The molecule has 2 N–H and O–H groups in total. The predicted molar refractivity (Wildman–Crippen MR) is 68.2 cm³/mol. The Labute approximate surface area is 111 Å². The van der Waals surface area contributed by atoms with Gasteiger partial charge in [0.05, 0.1) is 23.3 Å². The summed E-state index contributed by atoms with van der Waals surface area (Å²) >= 11 is 0. The van der Waals surface area contributed by atoms with Crippen LogP contribution in [-0.4, -0.2) is 42.9 Å². The average molecular weight is 287 g/mol. The SMILES string of the molecule is O=C(O)[C@H]1CC=CC[C@H]1C(=O)N[C@@H]1CCS(=O)(=O)C1. The summed E-state index contributed by atoms with van der Waals surface area (Å²) in [5.74, 6) is -2.61. The average Bonchev–Trinajstić information content (AvgIpc) is 2.68. The van der Waals surface area contributed by atoms with Crippen LogP contribution in [0.15, 0.2) is 12.2 Å². The van der Waals surface area contributed by atoms with Crippen LogP contribution in [0.5, 0.6) is 0 Å². The molecule has 0 aromatic rings. The fraction of sp³-hybridized carbons (Fsp3) is 0.667. The van der Waals surface area contributed by atoms with E-state index in [1.165, 1.54) is 0 Å². The lowest BCUT2D eigenvalue weighted by atomic mass is 9.82. The molecule has 1 heterocycles. The van der Waals surface area contributed by atoms with Crippen LogP contribution >= 0.6 is 0 Å². The van der Waals surface area contributed by atoms with Gasteiger partial charge in [0, 0.05) is 6.04 Å². The number of carbonyl (C=O) groups is 2. The monoisotopic (exact) mass is 287 g/mol. The van der Waals surface area contributed by atoms with E-state index in [1.807, 2.05) is 0 Å². The van der Waals surface area contributed by atoms with E-state index in [4.69, 9.17) is 5.11 Å². The zero-order valence-electron chi connectivity index (χ0n) is 10.4. The van der Waals surface area contributed by atoms with Crippen LogP contribution in [0.1, 0.15) is 19.3 Å². The van der Waals surface area contributed by atoms with Crippen molar-refractivity contribution < 1.29 is 23.1 Å². The van der Waals surface area contributed by atoms with Gasteiger partial charge in [0.25, 0.3) is 0 Å². The van der Waals surface area contributed by atoms with Gasteiger partial charge < -0.3 is 10.4 Å². The highest BCUT2D eigenvalue weighted by Crippen LogP contribution is 2.26. The van der Waals surface area contributed by atoms with Gasteiger partial charge in [-0.2, -0.15) is 0 Å². The zero-order valence-corrected chi connectivity index (χ0v) is 11.2. The number of hydrogen-bond donors (Lipinski definition) is 2. The summed E-state index contributed by atoms with van der Waals surface area (Å²) in [5, 5.41) is 11.8. The van der Waals surface area contributed by atoms with Crippen molar-refractivity contribution in [2.75, 3.05) is 11.5 Å². The van der Waals surface area contributed by atoms with Crippen molar-refractivity contribution in [1.29, 1.82) is 0 Å². The molecule has 1 saturated heterocycles. The van der Waals surface area contributed by atoms with E-state index in [9.17, 15) is 18.0 Å². The first-order valence-electron chi connectivity index (χ1n) is 6.27. The first-order valence-corrected chi connectivity index (χ1v) is 8.10. The van der Waals surface area contributed by atoms with Gasteiger partial charge in [0.1, 0.15) is 0 Å². The standard InChI is InChI=1S/C12H17NO5S/c14-11(13-8-5-6-19(17,18)7-8)9-3-1-2-4-10(9)12(15)16/h1-2,8-10H,3-7H2,(H,13,14)(H,15,16)/t8-,9-,10+/m1/s1. The van der Waals surface area contributed by atoms with Gasteiger partial charge in [-0.1, -0.05) is 12.2 Å². The molecule has 2 aliphatic rings. The number of allylic oxidation sites excluding steroid dienone is 2. The molecule has 2 rings (SSSR count). The molecule has 19 heavy (non-hydrogen) atoms. The fourth-order valence-electron chi connectivity index (χ4n) is 2.59. The molecule has 0 aromatic heterocycles. The van der Waals surface area contributed by atoms with Crippen LogP contribution in [0, 0.1) is 11.8 Å². The molecule has 0 radical (unpaired) electrons. The summed E-state index contributed by atoms with van der Waals surface area (Å²) in [7, 11) is -3.05. The molecular formula is C12H17NO5S. The Bertz CT molecular complexity index is 510. The number of carbonyl (C=O) groups excluding carboxylic acids is 1. The molecule has 1 fully saturated rings. The van der Waals surface area contributed by atoms with Crippen LogP contribution in [0.2, 0.25) is 0 Å². The Morgan fingerprint density at radius 3 is 2.32 bits per heavy atom. The van der Waals surface area contributed by atoms with Gasteiger partial charge in [-0.25, -0.2) is 8.42 Å². The number of hydrogen-bond acceptors (Lipinski definition) is 4. The summed E-state index contributed by atoms with van der Waals surface area (Å²) in [6.45, 7) is 0. The molecule has 1 aliphatic carbocycles. The summed E-state index contributed by atoms with van der Waals surface area (Å²) in [6.07, 6.45) is 4.71. The van der Waals surface area contributed by atoms with E-state index in [-0.39, 0.29) is 23.5 Å². The minimum absolute atomic E-state index is 0.0426. The van der Waals surface area contributed by atoms with Gasteiger partial charge in [-0.05, 0) is 19.3 Å². The van der Waals surface area contributed by atoms with Gasteiger partial charge in [0.15, 0.2) is 9.84 Å². The molecule has 0 spiro atoms. The maximum absolute atomic E-state index is 12.1. The number of carboxylic acid groups (broad SMARTS) is 1. The Morgan fingerprint density at radius 2 is 1.79 bits per heavy atom. The lowest BCUT2D eigenvalue weighted by molar-refractivity contribution is -0.147. The molecule has 0 bridgehead atoms. The minimum atomic E-state index is -3.05. The molecule has 106 valence electrons. The minimum Gasteiger partial charge on any atom is -0.481 e. The van der Waals surface area contributed by atoms with Crippen molar-refractivity contribution in [3.05, 3.63) is 12.2 Å². The first kappa shape index (κ1) is 14.0. The molecular weight excluding hydrogens is 270 g/mol. The topological polar surface area (TPSA) is 101 Å². The summed E-state index contributed by atoms with van der Waals surface area (Å²) in [4.78, 5) is 23.2. The van der Waals surface area contributed by atoms with E-state index < -0.39 is 27.6 Å². The van der Waals surface area contributed by atoms with E-state index in [0.29, 0.717) is 19.3 Å². The molecule has 0 saturated carbocycles. The third-order valence-corrected chi connectivity index (χ3v) is 5.43. The van der Waals surface area contributed by atoms with E-state index >= 15 is 0 Å². The smallest absolute Gasteiger partial charge is 0.307 e. The largest absolute Gasteiger partial charge is 0.481 e. The maximum atomic E-state index is 12.1. The van der Waals surface area contributed by atoms with Gasteiger partial charge in [-0.3, -0.25) is 9.59 Å². The lowest BCUT2D eigenvalue weighted by Gasteiger charge is -2.25. The highest BCUT2D eigenvalue weighted by atomic mass is 32.2. The maximum Gasteiger partial charge on any atom is 0.307 e. The quantitative estimate of drug-likeness (QED) is 0.709. The van der Waals surface area contributed by atoms with Crippen molar-refractivity contribution in [2.24, 2.45) is 11.8 Å². The molecule has 0 unspecified atom stereocenters. The van der Waals surface area contributed by atoms with Gasteiger partial charge in [0.2, 0.25) is 5.91 Å². The highest BCUT2D eigenvalue weighted by Gasteiger charge is 2.36. The molecule has 6 nitrogen and oxygen atoms in total. The van der Waals surface area contributed by atoms with Crippen molar-refractivity contribution in [2.45, 2.75) is 25.3 Å². The molecule has 7 heteroatoms. The van der Waals surface area contributed by atoms with Crippen molar-refractivity contribution in [3.8, 4) is 0 Å². The lowest BCUT2D eigenvalue weighted by Crippen LogP contribution is -2.43. The summed E-state index contributed by atoms with van der Waals surface area (Å²) in [6, 6.07) is -0.377. The highest BCUT2D eigenvalue weighted by molar-refractivity contribution is 7.91. The Balaban J connectivity index is 1.99. The van der Waals surface area contributed by atoms with Crippen LogP contribution in [-0.2, 0) is 19.4 Å². The van der Waals surface area contributed by atoms with Crippen molar-refractivity contribution >= 4 is 21.7 Å². The first-order chi connectivity index (χ1) is 8.89. The summed E-state index contributed by atoms with van der Waals surface area (Å²) in [5.41, 5.74) is 0. The normalized spacial score (nSPS) is 32.9. The number of nitrogens with one attached hydrogen (secondary N) is 1. The Kier molecular flexibility index (Phi) is 3.93. The van der Waals surface area contributed by atoms with Crippen LogP contribution in [0.25, 0.3) is 0 Å². The number of carboxylic acids is 1. The Hall–Kier alpha value is -1.37. The second kappa shape index (κ2) is 5.32. The molecule has 3 atom stereocenters. The third kappa shape index (κ3) is 3.34. The molecule has 0 aromatic carbocycles. The zero-order chi connectivity index (χ0) is 14.0. The predicted octanol–water partition coefficient (Wildman–Crippen LogP) is -0.0433. The molecule has 1 aliphatic heterocycles. The van der Waals surface area contributed by atoms with Gasteiger partial charge in [-0.15, -0.1) is 0 Å².